The number of anilines is 1. The number of aliphatic hydroxyl groups is 2. The lowest BCUT2D eigenvalue weighted by molar-refractivity contribution is -0.0464. The molecule has 0 aromatic carbocycles. The van der Waals surface area contributed by atoms with Crippen LogP contribution in [0.25, 0.3) is 0 Å². The molecule has 124 valence electrons. The maximum Gasteiger partial charge on any atom is 0.332 e. The summed E-state index contributed by atoms with van der Waals surface area (Å²) < 4.78 is 6.50. The minimum Gasteiger partial charge on any atom is -0.394 e. The second-order valence-corrected chi connectivity index (χ2v) is 6.26. The molecule has 0 amide bonds. The smallest absolute Gasteiger partial charge is 0.332 e. The summed E-state index contributed by atoms with van der Waals surface area (Å²) in [4.78, 5) is 25.8. The van der Waals surface area contributed by atoms with Crippen LogP contribution in [-0.2, 0) is 4.74 Å². The summed E-state index contributed by atoms with van der Waals surface area (Å²) >= 11 is 0. The van der Waals surface area contributed by atoms with Crippen LogP contribution in [0.3, 0.4) is 0 Å². The Hall–Kier alpha value is -1.68. The molecule has 1 aromatic heterocycles. The topological polar surface area (TPSA) is 128 Å². The van der Waals surface area contributed by atoms with E-state index in [9.17, 15) is 19.9 Å². The van der Waals surface area contributed by atoms with E-state index in [1.807, 2.05) is 0 Å². The first-order valence-corrected chi connectivity index (χ1v) is 6.94. The SMILES string of the molecule is CC(C)(C)N(O)c1cc(=O)[nH]c(=O)n1[C@H]1C[C@H](O)[C@@H](CO)O1. The molecule has 9 nitrogen and oxygen atoms in total. The summed E-state index contributed by atoms with van der Waals surface area (Å²) in [6, 6.07) is 1.08. The van der Waals surface area contributed by atoms with Crippen LogP contribution in [0.5, 0.6) is 0 Å². The van der Waals surface area contributed by atoms with Crippen molar-refractivity contribution in [3.8, 4) is 0 Å². The molecule has 9 heteroatoms. The normalized spacial score (nSPS) is 25.5. The Labute approximate surface area is 126 Å². The molecule has 0 unspecified atom stereocenters. The van der Waals surface area contributed by atoms with E-state index in [0.29, 0.717) is 0 Å². The number of nitrogens with zero attached hydrogens (tertiary/aromatic N) is 2. The highest BCUT2D eigenvalue weighted by Gasteiger charge is 2.37. The Kier molecular flexibility index (Phi) is 4.43. The van der Waals surface area contributed by atoms with Crippen molar-refractivity contribution in [3.63, 3.8) is 0 Å². The predicted octanol–water partition coefficient (Wildman–Crippen LogP) is -0.829. The summed E-state index contributed by atoms with van der Waals surface area (Å²) in [6.45, 7) is 4.70. The molecule has 0 saturated carbocycles. The fourth-order valence-corrected chi connectivity index (χ4v) is 2.32. The lowest BCUT2D eigenvalue weighted by Gasteiger charge is -2.33. The minimum absolute atomic E-state index is 0.0444. The van der Waals surface area contributed by atoms with E-state index in [1.54, 1.807) is 20.8 Å². The summed E-state index contributed by atoms with van der Waals surface area (Å²) in [5.41, 5.74) is -2.19. The Balaban J connectivity index is 2.52. The molecule has 0 bridgehead atoms. The summed E-state index contributed by atoms with van der Waals surface area (Å²) in [7, 11) is 0. The molecule has 0 radical (unpaired) electrons. The minimum atomic E-state index is -0.941. The Bertz CT molecular complexity index is 646. The first kappa shape index (κ1) is 16.7. The van der Waals surface area contributed by atoms with Crippen LogP contribution in [0.15, 0.2) is 15.7 Å². The molecule has 1 saturated heterocycles. The van der Waals surface area contributed by atoms with Crippen molar-refractivity contribution in [1.82, 2.24) is 9.55 Å². The van der Waals surface area contributed by atoms with Crippen molar-refractivity contribution in [1.29, 1.82) is 0 Å². The van der Waals surface area contributed by atoms with Crippen molar-refractivity contribution in [2.45, 2.75) is 51.2 Å². The van der Waals surface area contributed by atoms with Gasteiger partial charge in [-0.15, -0.1) is 0 Å². The molecule has 1 aliphatic heterocycles. The van der Waals surface area contributed by atoms with Crippen molar-refractivity contribution < 1.29 is 20.2 Å². The van der Waals surface area contributed by atoms with Gasteiger partial charge in [-0.2, -0.15) is 0 Å². The molecular formula is C13H21N3O6. The van der Waals surface area contributed by atoms with Gasteiger partial charge in [0.05, 0.1) is 18.2 Å². The first-order valence-electron chi connectivity index (χ1n) is 6.94. The van der Waals surface area contributed by atoms with Crippen LogP contribution in [0, 0.1) is 0 Å². The van der Waals surface area contributed by atoms with Crippen LogP contribution in [-0.4, -0.2) is 49.3 Å². The van der Waals surface area contributed by atoms with Gasteiger partial charge >= 0.3 is 5.69 Å². The standard InChI is InChI=1S/C13H21N3O6/c1-13(2,3)16(21)10-5-9(19)14-12(20)15(10)11-4-7(18)8(6-17)22-11/h5,7-8,11,17-18,21H,4,6H2,1-3H3,(H,14,19,20)/t7-,8+,11+/m0/s1. The van der Waals surface area contributed by atoms with Gasteiger partial charge in [0.1, 0.15) is 18.1 Å². The van der Waals surface area contributed by atoms with E-state index in [1.165, 1.54) is 0 Å². The number of hydrogen-bond donors (Lipinski definition) is 4. The lowest BCUT2D eigenvalue weighted by atomic mass is 10.1. The summed E-state index contributed by atoms with van der Waals surface area (Å²) in [6.07, 6.45) is -2.60. The Morgan fingerprint density at radius 3 is 2.59 bits per heavy atom. The fraction of sp³-hybridized carbons (Fsp3) is 0.692. The van der Waals surface area contributed by atoms with Gasteiger partial charge in [0.15, 0.2) is 0 Å². The zero-order valence-corrected chi connectivity index (χ0v) is 12.7. The van der Waals surface area contributed by atoms with Gasteiger partial charge < -0.3 is 14.9 Å². The van der Waals surface area contributed by atoms with E-state index in [-0.39, 0.29) is 12.2 Å². The van der Waals surface area contributed by atoms with Crippen LogP contribution >= 0.6 is 0 Å². The molecule has 2 rings (SSSR count). The van der Waals surface area contributed by atoms with Crippen LogP contribution in [0.2, 0.25) is 0 Å². The number of aromatic nitrogens is 2. The molecule has 1 aliphatic rings. The van der Waals surface area contributed by atoms with E-state index in [2.05, 4.69) is 4.98 Å². The third-order valence-electron chi connectivity index (χ3n) is 3.48. The first-order chi connectivity index (χ1) is 10.1. The van der Waals surface area contributed by atoms with E-state index in [4.69, 9.17) is 9.84 Å². The van der Waals surface area contributed by atoms with Gasteiger partial charge in [0.25, 0.3) is 5.56 Å². The van der Waals surface area contributed by atoms with Crippen LogP contribution < -0.4 is 16.3 Å². The highest BCUT2D eigenvalue weighted by atomic mass is 16.5. The van der Waals surface area contributed by atoms with Crippen LogP contribution in [0.4, 0.5) is 5.82 Å². The number of rotatable bonds is 3. The quantitative estimate of drug-likeness (QED) is 0.536. The van der Waals surface area contributed by atoms with E-state index in [0.717, 1.165) is 15.7 Å². The number of aromatic amines is 1. The second-order valence-electron chi connectivity index (χ2n) is 6.26. The van der Waals surface area contributed by atoms with Gasteiger partial charge in [-0.25, -0.2) is 9.86 Å². The maximum atomic E-state index is 12.1. The molecule has 1 aromatic rings. The highest BCUT2D eigenvalue weighted by Crippen LogP contribution is 2.31. The predicted molar refractivity (Wildman–Crippen MR) is 77.0 cm³/mol. The fourth-order valence-electron chi connectivity index (χ4n) is 2.32. The third kappa shape index (κ3) is 3.07. The molecule has 4 N–H and O–H groups in total. The van der Waals surface area contributed by atoms with Gasteiger partial charge in [-0.3, -0.25) is 19.6 Å². The molecule has 0 spiro atoms. The highest BCUT2D eigenvalue weighted by molar-refractivity contribution is 5.37. The number of hydrogen-bond acceptors (Lipinski definition) is 7. The van der Waals surface area contributed by atoms with Crippen molar-refractivity contribution in [3.05, 3.63) is 26.9 Å². The van der Waals surface area contributed by atoms with Gasteiger partial charge in [0, 0.05) is 12.5 Å². The van der Waals surface area contributed by atoms with Gasteiger partial charge in [0.2, 0.25) is 0 Å². The Morgan fingerprint density at radius 1 is 1.45 bits per heavy atom. The van der Waals surface area contributed by atoms with Gasteiger partial charge in [-0.05, 0) is 20.8 Å². The Morgan fingerprint density at radius 2 is 2.09 bits per heavy atom. The monoisotopic (exact) mass is 315 g/mol. The van der Waals surface area contributed by atoms with Crippen molar-refractivity contribution in [2.75, 3.05) is 11.7 Å². The molecule has 0 aliphatic carbocycles. The number of hydroxylamine groups is 1. The van der Waals surface area contributed by atoms with E-state index >= 15 is 0 Å². The zero-order chi connectivity index (χ0) is 16.7. The van der Waals surface area contributed by atoms with Crippen molar-refractivity contribution >= 4 is 5.82 Å². The molecular weight excluding hydrogens is 294 g/mol. The molecule has 1 fully saturated rings. The maximum absolute atomic E-state index is 12.1. The third-order valence-corrected chi connectivity index (χ3v) is 3.48. The number of H-pyrrole nitrogens is 1. The number of nitrogens with one attached hydrogen (secondary N) is 1. The van der Waals surface area contributed by atoms with Crippen LogP contribution in [0.1, 0.15) is 33.4 Å². The molecule has 22 heavy (non-hydrogen) atoms. The molecule has 2 heterocycles. The number of aliphatic hydroxyl groups excluding tert-OH is 2. The second kappa shape index (κ2) is 5.84. The average molecular weight is 315 g/mol. The lowest BCUT2D eigenvalue weighted by Crippen LogP contribution is -2.45. The molecule has 3 atom stereocenters. The largest absolute Gasteiger partial charge is 0.394 e. The summed E-state index contributed by atoms with van der Waals surface area (Å²) in [5.74, 6) is -0.0444. The van der Waals surface area contributed by atoms with Crippen molar-refractivity contribution in [2.24, 2.45) is 0 Å². The number of ether oxygens (including phenoxy) is 1. The van der Waals surface area contributed by atoms with Gasteiger partial charge in [-0.1, -0.05) is 0 Å². The summed E-state index contributed by atoms with van der Waals surface area (Å²) in [5, 5.41) is 30.0. The van der Waals surface area contributed by atoms with E-state index < -0.39 is 41.8 Å². The average Bonchev–Trinajstić information content (AvgIpc) is 2.76. The zero-order valence-electron chi connectivity index (χ0n) is 12.7.